The summed E-state index contributed by atoms with van der Waals surface area (Å²) in [4.78, 5) is 0. The Hall–Kier alpha value is 0.0400. The monoisotopic (exact) mass is 325 g/mol. The maximum absolute atomic E-state index is 5.99. The summed E-state index contributed by atoms with van der Waals surface area (Å²) in [6, 6.07) is 5.71. The Balaban J connectivity index is 0.00000128. The highest BCUT2D eigenvalue weighted by Crippen LogP contribution is 2.27. The molecule has 0 bridgehead atoms. The highest BCUT2D eigenvalue weighted by Gasteiger charge is 2.14. The maximum Gasteiger partial charge on any atom is 0.121 e. The molecule has 0 amide bonds. The Morgan fingerprint density at radius 3 is 2.62 bits per heavy atom. The van der Waals surface area contributed by atoms with Gasteiger partial charge >= 0.3 is 0 Å². The van der Waals surface area contributed by atoms with Crippen LogP contribution < -0.4 is 10.1 Å². The van der Waals surface area contributed by atoms with Crippen molar-refractivity contribution in [2.75, 3.05) is 13.1 Å². The van der Waals surface area contributed by atoms with E-state index in [0.717, 1.165) is 36.2 Å². The molecular weight excluding hydrogens is 313 g/mol. The molecule has 0 aliphatic carbocycles. The first kappa shape index (κ1) is 14.1. The number of hydrogen-bond acceptors (Lipinski definition) is 2. The van der Waals surface area contributed by atoms with E-state index in [9.17, 15) is 0 Å². The van der Waals surface area contributed by atoms with Crippen LogP contribution in [0.3, 0.4) is 0 Å². The van der Waals surface area contributed by atoms with E-state index in [-0.39, 0.29) is 12.4 Å². The van der Waals surface area contributed by atoms with Gasteiger partial charge in [0, 0.05) is 4.47 Å². The summed E-state index contributed by atoms with van der Waals surface area (Å²) in [6.07, 6.45) is 2.45. The minimum Gasteiger partial charge on any atom is -0.490 e. The molecule has 1 aliphatic heterocycles. The second kappa shape index (κ2) is 6.70. The van der Waals surface area contributed by atoms with Crippen LogP contribution in [0, 0.1) is 0 Å². The van der Waals surface area contributed by atoms with Gasteiger partial charge in [-0.05, 0) is 60.1 Å². The summed E-state index contributed by atoms with van der Waals surface area (Å²) in [7, 11) is 0. The summed E-state index contributed by atoms with van der Waals surface area (Å²) in [6.45, 7) is 2.07. The van der Waals surface area contributed by atoms with Gasteiger partial charge in [0.05, 0.1) is 5.02 Å². The smallest absolute Gasteiger partial charge is 0.121 e. The first-order valence-electron chi connectivity index (χ1n) is 5.08. The molecule has 5 heteroatoms. The standard InChI is InChI=1S/C11H13BrClNO.ClH/c12-10-2-1-9(7-11(10)13)15-8-3-5-14-6-4-8;/h1-2,7-8,14H,3-6H2;1H. The molecule has 0 radical (unpaired) electrons. The van der Waals surface area contributed by atoms with E-state index in [0.29, 0.717) is 11.1 Å². The summed E-state index contributed by atoms with van der Waals surface area (Å²) in [5.74, 6) is 0.857. The lowest BCUT2D eigenvalue weighted by molar-refractivity contribution is 0.162. The molecule has 90 valence electrons. The molecule has 0 spiro atoms. The van der Waals surface area contributed by atoms with Crippen LogP contribution in [0.1, 0.15) is 12.8 Å². The molecule has 1 aromatic rings. The Morgan fingerprint density at radius 1 is 1.31 bits per heavy atom. The number of rotatable bonds is 2. The number of nitrogens with one attached hydrogen (secondary N) is 1. The van der Waals surface area contributed by atoms with Crippen molar-refractivity contribution < 1.29 is 4.74 Å². The van der Waals surface area contributed by atoms with Gasteiger partial charge in [-0.25, -0.2) is 0 Å². The fraction of sp³-hybridized carbons (Fsp3) is 0.455. The molecule has 0 saturated carbocycles. The van der Waals surface area contributed by atoms with E-state index in [1.165, 1.54) is 0 Å². The van der Waals surface area contributed by atoms with Crippen molar-refractivity contribution in [2.24, 2.45) is 0 Å². The Bertz CT molecular complexity index is 343. The molecule has 1 heterocycles. The van der Waals surface area contributed by atoms with E-state index in [1.807, 2.05) is 18.2 Å². The first-order chi connectivity index (χ1) is 7.25. The molecule has 0 atom stereocenters. The average molecular weight is 327 g/mol. The molecule has 0 aromatic heterocycles. The number of ether oxygens (including phenoxy) is 1. The lowest BCUT2D eigenvalue weighted by Crippen LogP contribution is -2.34. The highest BCUT2D eigenvalue weighted by atomic mass is 79.9. The Morgan fingerprint density at radius 2 is 2.00 bits per heavy atom. The largest absolute Gasteiger partial charge is 0.490 e. The second-order valence-electron chi connectivity index (χ2n) is 3.64. The van der Waals surface area contributed by atoms with Gasteiger partial charge in [0.25, 0.3) is 0 Å². The lowest BCUT2D eigenvalue weighted by atomic mass is 10.1. The molecule has 1 N–H and O–H groups in total. The molecular formula is C11H14BrCl2NO. The fourth-order valence-electron chi connectivity index (χ4n) is 1.66. The number of benzene rings is 1. The van der Waals surface area contributed by atoms with Crippen LogP contribution >= 0.6 is 39.9 Å². The number of piperidine rings is 1. The third-order valence-electron chi connectivity index (χ3n) is 2.48. The van der Waals surface area contributed by atoms with Gasteiger partial charge in [0.1, 0.15) is 11.9 Å². The van der Waals surface area contributed by atoms with Crippen molar-refractivity contribution in [3.8, 4) is 5.75 Å². The summed E-state index contributed by atoms with van der Waals surface area (Å²) >= 11 is 9.35. The topological polar surface area (TPSA) is 21.3 Å². The van der Waals surface area contributed by atoms with Gasteiger partial charge in [0.2, 0.25) is 0 Å². The van der Waals surface area contributed by atoms with E-state index in [4.69, 9.17) is 16.3 Å². The molecule has 1 saturated heterocycles. The van der Waals surface area contributed by atoms with Crippen molar-refractivity contribution >= 4 is 39.9 Å². The SMILES string of the molecule is Cl.Clc1cc(OC2CCNCC2)ccc1Br. The predicted octanol–water partition coefficient (Wildman–Crippen LogP) is 3.66. The molecule has 2 rings (SSSR count). The van der Waals surface area contributed by atoms with Crippen molar-refractivity contribution in [3.63, 3.8) is 0 Å². The molecule has 2 nitrogen and oxygen atoms in total. The number of hydrogen-bond donors (Lipinski definition) is 1. The van der Waals surface area contributed by atoms with Crippen LogP contribution in [0.25, 0.3) is 0 Å². The molecule has 1 aliphatic rings. The molecule has 0 unspecified atom stereocenters. The van der Waals surface area contributed by atoms with Gasteiger partial charge in [-0.15, -0.1) is 12.4 Å². The third kappa shape index (κ3) is 3.81. The quantitative estimate of drug-likeness (QED) is 0.895. The lowest BCUT2D eigenvalue weighted by Gasteiger charge is -2.23. The van der Waals surface area contributed by atoms with Crippen LogP contribution in [0.2, 0.25) is 5.02 Å². The Kier molecular flexibility index (Phi) is 5.90. The van der Waals surface area contributed by atoms with Gasteiger partial charge < -0.3 is 10.1 Å². The fourth-order valence-corrected chi connectivity index (χ4v) is 2.07. The normalized spacial score (nSPS) is 16.6. The number of halogens is 3. The van der Waals surface area contributed by atoms with E-state index >= 15 is 0 Å². The van der Waals surface area contributed by atoms with Crippen LogP contribution in [-0.2, 0) is 0 Å². The minimum atomic E-state index is 0. The Labute approximate surface area is 115 Å². The van der Waals surface area contributed by atoms with Gasteiger partial charge in [-0.2, -0.15) is 0 Å². The van der Waals surface area contributed by atoms with Crippen LogP contribution in [0.4, 0.5) is 0 Å². The van der Waals surface area contributed by atoms with E-state index < -0.39 is 0 Å². The summed E-state index contributed by atoms with van der Waals surface area (Å²) in [5, 5.41) is 4.00. The molecule has 1 fully saturated rings. The van der Waals surface area contributed by atoms with Gasteiger partial charge in [-0.1, -0.05) is 11.6 Å². The average Bonchev–Trinajstić information content (AvgIpc) is 2.25. The first-order valence-corrected chi connectivity index (χ1v) is 6.25. The van der Waals surface area contributed by atoms with Gasteiger partial charge in [0.15, 0.2) is 0 Å². The van der Waals surface area contributed by atoms with Crippen molar-refractivity contribution in [3.05, 3.63) is 27.7 Å². The van der Waals surface area contributed by atoms with Crippen LogP contribution in [-0.4, -0.2) is 19.2 Å². The molecule has 1 aromatic carbocycles. The zero-order valence-electron chi connectivity index (χ0n) is 8.71. The van der Waals surface area contributed by atoms with E-state index in [1.54, 1.807) is 0 Å². The third-order valence-corrected chi connectivity index (χ3v) is 3.71. The van der Waals surface area contributed by atoms with E-state index in [2.05, 4.69) is 21.2 Å². The zero-order valence-corrected chi connectivity index (χ0v) is 11.9. The van der Waals surface area contributed by atoms with Gasteiger partial charge in [-0.3, -0.25) is 0 Å². The van der Waals surface area contributed by atoms with Crippen molar-refractivity contribution in [1.29, 1.82) is 0 Å². The van der Waals surface area contributed by atoms with Crippen LogP contribution in [0.5, 0.6) is 5.75 Å². The predicted molar refractivity (Wildman–Crippen MR) is 72.9 cm³/mol. The minimum absolute atomic E-state index is 0. The highest BCUT2D eigenvalue weighted by molar-refractivity contribution is 9.10. The second-order valence-corrected chi connectivity index (χ2v) is 4.90. The maximum atomic E-state index is 5.99. The summed E-state index contributed by atoms with van der Waals surface area (Å²) in [5.41, 5.74) is 0. The summed E-state index contributed by atoms with van der Waals surface area (Å²) < 4.78 is 6.75. The zero-order chi connectivity index (χ0) is 10.7. The van der Waals surface area contributed by atoms with Crippen LogP contribution in [0.15, 0.2) is 22.7 Å². The van der Waals surface area contributed by atoms with Crippen molar-refractivity contribution in [1.82, 2.24) is 5.32 Å². The molecule has 16 heavy (non-hydrogen) atoms. The van der Waals surface area contributed by atoms with Crippen molar-refractivity contribution in [2.45, 2.75) is 18.9 Å².